The molecular formula is C10H18ClNOS. The maximum atomic E-state index is 11.6. The van der Waals surface area contributed by atoms with Crippen molar-refractivity contribution in [3.63, 3.8) is 0 Å². The summed E-state index contributed by atoms with van der Waals surface area (Å²) in [5, 5.41) is 3.02. The van der Waals surface area contributed by atoms with Crippen LogP contribution in [0.3, 0.4) is 0 Å². The molecule has 1 rings (SSSR count). The number of carbonyl (C=O) groups is 1. The fourth-order valence-electron chi connectivity index (χ4n) is 1.51. The quantitative estimate of drug-likeness (QED) is 0.741. The number of carbonyl (C=O) groups excluding carboxylic acids is 1. The predicted octanol–water partition coefficient (Wildman–Crippen LogP) is 2.26. The van der Waals surface area contributed by atoms with Crippen molar-refractivity contribution in [3.8, 4) is 0 Å². The van der Waals surface area contributed by atoms with Crippen molar-refractivity contribution in [2.75, 3.05) is 18.1 Å². The van der Waals surface area contributed by atoms with Gasteiger partial charge in [-0.15, -0.1) is 11.6 Å². The van der Waals surface area contributed by atoms with Crippen molar-refractivity contribution in [1.29, 1.82) is 0 Å². The van der Waals surface area contributed by atoms with E-state index in [2.05, 4.69) is 12.2 Å². The third-order valence-corrected chi connectivity index (χ3v) is 3.94. The molecule has 1 N–H and O–H groups in total. The molecule has 0 bridgehead atoms. The first-order valence-corrected chi connectivity index (χ1v) is 6.82. The van der Waals surface area contributed by atoms with Crippen LogP contribution in [0.5, 0.6) is 0 Å². The van der Waals surface area contributed by atoms with Gasteiger partial charge < -0.3 is 5.32 Å². The number of alkyl halides is 1. The van der Waals surface area contributed by atoms with Crippen LogP contribution in [0.1, 0.15) is 26.2 Å². The molecule has 1 heterocycles. The first-order chi connectivity index (χ1) is 6.74. The van der Waals surface area contributed by atoms with Crippen LogP contribution in [0.15, 0.2) is 0 Å². The molecule has 1 aliphatic heterocycles. The molecule has 2 atom stereocenters. The zero-order valence-electron chi connectivity index (χ0n) is 8.59. The van der Waals surface area contributed by atoms with Gasteiger partial charge in [-0.25, -0.2) is 0 Å². The Morgan fingerprint density at radius 3 is 3.07 bits per heavy atom. The van der Waals surface area contributed by atoms with Crippen LogP contribution < -0.4 is 5.32 Å². The largest absolute Gasteiger partial charge is 0.354 e. The molecule has 82 valence electrons. The summed E-state index contributed by atoms with van der Waals surface area (Å²) < 4.78 is 0. The standard InChI is InChI=1S/C10H18ClNOS/c1-2-3-9(11)6-12-10(13)8-4-5-14-7-8/h8-9H,2-7H2,1H3,(H,12,13). The van der Waals surface area contributed by atoms with E-state index >= 15 is 0 Å². The Bertz CT molecular complexity index is 183. The second-order valence-electron chi connectivity index (χ2n) is 3.69. The van der Waals surface area contributed by atoms with E-state index in [9.17, 15) is 4.79 Å². The summed E-state index contributed by atoms with van der Waals surface area (Å²) in [6.45, 7) is 2.72. The summed E-state index contributed by atoms with van der Waals surface area (Å²) in [7, 11) is 0. The lowest BCUT2D eigenvalue weighted by Crippen LogP contribution is -2.34. The number of hydrogen-bond acceptors (Lipinski definition) is 2. The number of halogens is 1. The Labute approximate surface area is 95.2 Å². The zero-order valence-corrected chi connectivity index (χ0v) is 10.2. The second-order valence-corrected chi connectivity index (χ2v) is 5.46. The van der Waals surface area contributed by atoms with Crippen molar-refractivity contribution in [1.82, 2.24) is 5.32 Å². The minimum Gasteiger partial charge on any atom is -0.354 e. The third kappa shape index (κ3) is 4.09. The molecule has 1 aliphatic rings. The van der Waals surface area contributed by atoms with Gasteiger partial charge in [-0.05, 0) is 18.6 Å². The number of nitrogens with one attached hydrogen (secondary N) is 1. The highest BCUT2D eigenvalue weighted by Gasteiger charge is 2.23. The van der Waals surface area contributed by atoms with Gasteiger partial charge in [0.15, 0.2) is 0 Å². The monoisotopic (exact) mass is 235 g/mol. The van der Waals surface area contributed by atoms with Gasteiger partial charge in [0.2, 0.25) is 5.91 Å². The maximum absolute atomic E-state index is 11.6. The van der Waals surface area contributed by atoms with Crippen LogP contribution in [0, 0.1) is 5.92 Å². The number of hydrogen-bond donors (Lipinski definition) is 1. The third-order valence-electron chi connectivity index (χ3n) is 2.40. The lowest BCUT2D eigenvalue weighted by molar-refractivity contribution is -0.124. The minimum absolute atomic E-state index is 0.0954. The summed E-state index contributed by atoms with van der Waals surface area (Å²) in [6.07, 6.45) is 3.07. The van der Waals surface area contributed by atoms with Crippen LogP contribution in [0.25, 0.3) is 0 Å². The summed E-state index contributed by atoms with van der Waals surface area (Å²) in [5.74, 6) is 2.52. The molecule has 0 aliphatic carbocycles. The number of thioether (sulfide) groups is 1. The van der Waals surface area contributed by atoms with Crippen LogP contribution >= 0.6 is 23.4 Å². The Morgan fingerprint density at radius 2 is 2.50 bits per heavy atom. The molecule has 0 aromatic rings. The predicted molar refractivity (Wildman–Crippen MR) is 63.0 cm³/mol. The topological polar surface area (TPSA) is 29.1 Å². The Hall–Kier alpha value is 0.110. The van der Waals surface area contributed by atoms with E-state index < -0.39 is 0 Å². The molecular weight excluding hydrogens is 218 g/mol. The van der Waals surface area contributed by atoms with Crippen LogP contribution in [-0.2, 0) is 4.79 Å². The summed E-state index contributed by atoms with van der Waals surface area (Å²) in [6, 6.07) is 0. The maximum Gasteiger partial charge on any atom is 0.224 e. The van der Waals surface area contributed by atoms with Gasteiger partial charge >= 0.3 is 0 Å². The molecule has 2 unspecified atom stereocenters. The summed E-state index contributed by atoms with van der Waals surface area (Å²) in [4.78, 5) is 11.6. The van der Waals surface area contributed by atoms with Gasteiger partial charge in [0, 0.05) is 18.2 Å². The fourth-order valence-corrected chi connectivity index (χ4v) is 3.03. The van der Waals surface area contributed by atoms with Gasteiger partial charge in [-0.2, -0.15) is 11.8 Å². The highest BCUT2D eigenvalue weighted by atomic mass is 35.5. The van der Waals surface area contributed by atoms with E-state index in [0.29, 0.717) is 6.54 Å². The normalized spacial score (nSPS) is 23.4. The summed E-state index contributed by atoms with van der Waals surface area (Å²) >= 11 is 7.87. The van der Waals surface area contributed by atoms with Gasteiger partial charge in [-0.1, -0.05) is 13.3 Å². The minimum atomic E-state index is 0.0954. The second kappa shape index (κ2) is 6.57. The molecule has 1 amide bonds. The van der Waals surface area contributed by atoms with E-state index in [1.54, 1.807) is 0 Å². The molecule has 14 heavy (non-hydrogen) atoms. The highest BCUT2D eigenvalue weighted by Crippen LogP contribution is 2.23. The molecule has 0 aromatic heterocycles. The van der Waals surface area contributed by atoms with E-state index in [-0.39, 0.29) is 17.2 Å². The van der Waals surface area contributed by atoms with Gasteiger partial charge in [0.1, 0.15) is 0 Å². The van der Waals surface area contributed by atoms with Crippen molar-refractivity contribution >= 4 is 29.3 Å². The average molecular weight is 236 g/mol. The van der Waals surface area contributed by atoms with Crippen LogP contribution in [0.2, 0.25) is 0 Å². The number of amides is 1. The number of rotatable bonds is 5. The molecule has 0 spiro atoms. The van der Waals surface area contributed by atoms with Crippen molar-refractivity contribution < 1.29 is 4.79 Å². The first kappa shape index (κ1) is 12.2. The molecule has 1 saturated heterocycles. The fraction of sp³-hybridized carbons (Fsp3) is 0.900. The van der Waals surface area contributed by atoms with Gasteiger partial charge in [0.05, 0.1) is 5.38 Å². The molecule has 1 fully saturated rings. The Morgan fingerprint density at radius 1 is 1.71 bits per heavy atom. The zero-order chi connectivity index (χ0) is 10.4. The highest BCUT2D eigenvalue weighted by molar-refractivity contribution is 7.99. The van der Waals surface area contributed by atoms with E-state index in [1.165, 1.54) is 0 Å². The van der Waals surface area contributed by atoms with Crippen LogP contribution in [-0.4, -0.2) is 29.3 Å². The SMILES string of the molecule is CCCC(Cl)CNC(=O)C1CCSC1. The van der Waals surface area contributed by atoms with Crippen molar-refractivity contribution in [2.45, 2.75) is 31.6 Å². The van der Waals surface area contributed by atoms with E-state index in [4.69, 9.17) is 11.6 Å². The van der Waals surface area contributed by atoms with Crippen molar-refractivity contribution in [3.05, 3.63) is 0 Å². The summed E-state index contributed by atoms with van der Waals surface area (Å²) in [5.41, 5.74) is 0. The Kier molecular flexibility index (Phi) is 5.71. The van der Waals surface area contributed by atoms with Crippen LogP contribution in [0.4, 0.5) is 0 Å². The first-order valence-electron chi connectivity index (χ1n) is 5.23. The molecule has 0 saturated carbocycles. The van der Waals surface area contributed by atoms with E-state index in [1.807, 2.05) is 11.8 Å². The van der Waals surface area contributed by atoms with Gasteiger partial charge in [-0.3, -0.25) is 4.79 Å². The lowest BCUT2D eigenvalue weighted by atomic mass is 10.1. The molecule has 2 nitrogen and oxygen atoms in total. The average Bonchev–Trinajstić information content (AvgIpc) is 2.67. The molecule has 0 aromatic carbocycles. The van der Waals surface area contributed by atoms with E-state index in [0.717, 1.165) is 30.8 Å². The molecule has 0 radical (unpaired) electrons. The van der Waals surface area contributed by atoms with Crippen molar-refractivity contribution in [2.24, 2.45) is 5.92 Å². The smallest absolute Gasteiger partial charge is 0.224 e. The van der Waals surface area contributed by atoms with Gasteiger partial charge in [0.25, 0.3) is 0 Å². The Balaban J connectivity index is 2.13. The lowest BCUT2D eigenvalue weighted by Gasteiger charge is -2.12. The molecule has 4 heteroatoms.